The molecule has 21 heavy (non-hydrogen) atoms. The number of rotatable bonds is 5. The molecule has 0 fully saturated rings. The van der Waals surface area contributed by atoms with Crippen LogP contribution in [0.25, 0.3) is 0 Å². The number of carbonyl (C=O) groups excluding carboxylic acids is 1. The summed E-state index contributed by atoms with van der Waals surface area (Å²) in [6.45, 7) is 5.13. The van der Waals surface area contributed by atoms with Crippen LogP contribution in [0, 0.1) is 13.8 Å². The van der Waals surface area contributed by atoms with E-state index in [1.54, 1.807) is 0 Å². The van der Waals surface area contributed by atoms with Gasteiger partial charge in [-0.2, -0.15) is 0 Å². The van der Waals surface area contributed by atoms with Crippen molar-refractivity contribution < 1.29 is 4.79 Å². The highest BCUT2D eigenvalue weighted by atomic mass is 16.1. The van der Waals surface area contributed by atoms with Gasteiger partial charge in [0.25, 0.3) is 0 Å². The highest BCUT2D eigenvalue weighted by molar-refractivity contribution is 5.79. The third-order valence-corrected chi connectivity index (χ3v) is 3.57. The van der Waals surface area contributed by atoms with Crippen LogP contribution in [-0.2, 0) is 24.3 Å². The van der Waals surface area contributed by atoms with E-state index in [-0.39, 0.29) is 5.91 Å². The second-order valence-electron chi connectivity index (χ2n) is 5.41. The highest BCUT2D eigenvalue weighted by Gasteiger charge is 2.06. The van der Waals surface area contributed by atoms with Gasteiger partial charge in [0, 0.05) is 13.1 Å². The van der Waals surface area contributed by atoms with Crippen molar-refractivity contribution in [1.82, 2.24) is 5.32 Å². The predicted octanol–water partition coefficient (Wildman–Crippen LogP) is 2.62. The average molecular weight is 282 g/mol. The van der Waals surface area contributed by atoms with Crippen LogP contribution in [0.5, 0.6) is 0 Å². The van der Waals surface area contributed by atoms with Gasteiger partial charge in [-0.05, 0) is 36.1 Å². The lowest BCUT2D eigenvalue weighted by Gasteiger charge is -2.09. The quantitative estimate of drug-likeness (QED) is 0.885. The van der Waals surface area contributed by atoms with Crippen LogP contribution in [0.1, 0.15) is 27.8 Å². The standard InChI is InChI=1S/C18H22N2O/c1-13-6-7-14(2)17(8-13)10-18(21)20-12-16-5-3-4-15(9-16)11-19/h3-9H,10-12,19H2,1-2H3,(H,20,21). The molecule has 0 bridgehead atoms. The lowest BCUT2D eigenvalue weighted by molar-refractivity contribution is -0.120. The van der Waals surface area contributed by atoms with Gasteiger partial charge in [0.05, 0.1) is 6.42 Å². The van der Waals surface area contributed by atoms with E-state index < -0.39 is 0 Å². The number of aryl methyl sites for hydroxylation is 2. The molecule has 1 amide bonds. The zero-order valence-electron chi connectivity index (χ0n) is 12.6. The Morgan fingerprint density at radius 3 is 2.62 bits per heavy atom. The smallest absolute Gasteiger partial charge is 0.224 e. The van der Waals surface area contributed by atoms with Crippen LogP contribution in [0.15, 0.2) is 42.5 Å². The molecule has 0 aliphatic heterocycles. The monoisotopic (exact) mass is 282 g/mol. The van der Waals surface area contributed by atoms with Crippen molar-refractivity contribution in [3.05, 3.63) is 70.3 Å². The summed E-state index contributed by atoms with van der Waals surface area (Å²) in [5.41, 5.74) is 11.2. The van der Waals surface area contributed by atoms with Crippen LogP contribution < -0.4 is 11.1 Å². The van der Waals surface area contributed by atoms with E-state index in [1.165, 1.54) is 5.56 Å². The number of carbonyl (C=O) groups is 1. The maximum absolute atomic E-state index is 12.1. The molecule has 3 heteroatoms. The van der Waals surface area contributed by atoms with Crippen molar-refractivity contribution in [3.63, 3.8) is 0 Å². The fraction of sp³-hybridized carbons (Fsp3) is 0.278. The zero-order chi connectivity index (χ0) is 15.2. The SMILES string of the molecule is Cc1ccc(C)c(CC(=O)NCc2cccc(CN)c2)c1. The van der Waals surface area contributed by atoms with Crippen molar-refractivity contribution in [2.45, 2.75) is 33.4 Å². The number of nitrogens with one attached hydrogen (secondary N) is 1. The molecule has 0 saturated carbocycles. The zero-order valence-corrected chi connectivity index (χ0v) is 12.6. The van der Waals surface area contributed by atoms with Gasteiger partial charge < -0.3 is 11.1 Å². The minimum absolute atomic E-state index is 0.0434. The van der Waals surface area contributed by atoms with Gasteiger partial charge in [-0.25, -0.2) is 0 Å². The third-order valence-electron chi connectivity index (χ3n) is 3.57. The summed E-state index contributed by atoms with van der Waals surface area (Å²) < 4.78 is 0. The second-order valence-corrected chi connectivity index (χ2v) is 5.41. The summed E-state index contributed by atoms with van der Waals surface area (Å²) in [6.07, 6.45) is 0.421. The van der Waals surface area contributed by atoms with Gasteiger partial charge in [-0.15, -0.1) is 0 Å². The van der Waals surface area contributed by atoms with Gasteiger partial charge in [0.2, 0.25) is 5.91 Å². The first kappa shape index (κ1) is 15.3. The van der Waals surface area contributed by atoms with Gasteiger partial charge in [-0.1, -0.05) is 48.0 Å². The molecule has 0 aliphatic rings. The number of nitrogens with two attached hydrogens (primary N) is 1. The lowest BCUT2D eigenvalue weighted by atomic mass is 10.0. The molecule has 0 spiro atoms. The summed E-state index contributed by atoms with van der Waals surface area (Å²) in [5, 5.41) is 2.97. The molecular weight excluding hydrogens is 260 g/mol. The maximum atomic E-state index is 12.1. The average Bonchev–Trinajstić information content (AvgIpc) is 2.49. The number of hydrogen-bond donors (Lipinski definition) is 2. The Morgan fingerprint density at radius 2 is 1.86 bits per heavy atom. The normalized spacial score (nSPS) is 10.4. The van der Waals surface area contributed by atoms with E-state index in [4.69, 9.17) is 5.73 Å². The van der Waals surface area contributed by atoms with E-state index in [2.05, 4.69) is 23.5 Å². The summed E-state index contributed by atoms with van der Waals surface area (Å²) >= 11 is 0. The first-order valence-electron chi connectivity index (χ1n) is 7.19. The molecule has 110 valence electrons. The Labute approximate surface area is 126 Å². The summed E-state index contributed by atoms with van der Waals surface area (Å²) in [5.74, 6) is 0.0434. The van der Waals surface area contributed by atoms with E-state index >= 15 is 0 Å². The molecule has 0 atom stereocenters. The van der Waals surface area contributed by atoms with Gasteiger partial charge in [0.15, 0.2) is 0 Å². The maximum Gasteiger partial charge on any atom is 0.224 e. The fourth-order valence-electron chi connectivity index (χ4n) is 2.29. The first-order chi connectivity index (χ1) is 10.1. The molecule has 3 nitrogen and oxygen atoms in total. The Bertz CT molecular complexity index is 635. The molecular formula is C18H22N2O. The van der Waals surface area contributed by atoms with E-state index in [0.717, 1.165) is 22.3 Å². The Hall–Kier alpha value is -2.13. The number of amides is 1. The van der Waals surface area contributed by atoms with E-state index in [1.807, 2.05) is 38.1 Å². The summed E-state index contributed by atoms with van der Waals surface area (Å²) in [6, 6.07) is 14.2. The summed E-state index contributed by atoms with van der Waals surface area (Å²) in [4.78, 5) is 12.1. The highest BCUT2D eigenvalue weighted by Crippen LogP contribution is 2.11. The van der Waals surface area contributed by atoms with Crippen LogP contribution in [0.3, 0.4) is 0 Å². The van der Waals surface area contributed by atoms with Crippen molar-refractivity contribution in [2.75, 3.05) is 0 Å². The van der Waals surface area contributed by atoms with Crippen LogP contribution in [0.2, 0.25) is 0 Å². The molecule has 2 aromatic rings. The molecule has 0 saturated heterocycles. The molecule has 0 heterocycles. The molecule has 2 rings (SSSR count). The Morgan fingerprint density at radius 1 is 1.10 bits per heavy atom. The molecule has 2 aromatic carbocycles. The third kappa shape index (κ3) is 4.43. The molecule has 0 aliphatic carbocycles. The van der Waals surface area contributed by atoms with Gasteiger partial charge in [-0.3, -0.25) is 4.79 Å². The number of benzene rings is 2. The number of hydrogen-bond acceptors (Lipinski definition) is 2. The van der Waals surface area contributed by atoms with E-state index in [0.29, 0.717) is 19.5 Å². The fourth-order valence-corrected chi connectivity index (χ4v) is 2.29. The molecule has 3 N–H and O–H groups in total. The van der Waals surface area contributed by atoms with Gasteiger partial charge >= 0.3 is 0 Å². The van der Waals surface area contributed by atoms with Crippen molar-refractivity contribution in [3.8, 4) is 0 Å². The molecule has 0 radical (unpaired) electrons. The minimum Gasteiger partial charge on any atom is -0.352 e. The Kier molecular flexibility index (Phi) is 5.12. The first-order valence-corrected chi connectivity index (χ1v) is 7.19. The topological polar surface area (TPSA) is 55.1 Å². The van der Waals surface area contributed by atoms with E-state index in [9.17, 15) is 4.79 Å². The van der Waals surface area contributed by atoms with Gasteiger partial charge in [0.1, 0.15) is 0 Å². The van der Waals surface area contributed by atoms with Crippen LogP contribution in [-0.4, -0.2) is 5.91 Å². The summed E-state index contributed by atoms with van der Waals surface area (Å²) in [7, 11) is 0. The predicted molar refractivity (Wildman–Crippen MR) is 85.8 cm³/mol. The van der Waals surface area contributed by atoms with Crippen molar-refractivity contribution >= 4 is 5.91 Å². The molecule has 0 aromatic heterocycles. The Balaban J connectivity index is 1.94. The largest absolute Gasteiger partial charge is 0.352 e. The van der Waals surface area contributed by atoms with Crippen molar-refractivity contribution in [1.29, 1.82) is 0 Å². The van der Waals surface area contributed by atoms with Crippen LogP contribution >= 0.6 is 0 Å². The minimum atomic E-state index is 0.0434. The lowest BCUT2D eigenvalue weighted by Crippen LogP contribution is -2.25. The molecule has 0 unspecified atom stereocenters. The van der Waals surface area contributed by atoms with Crippen molar-refractivity contribution in [2.24, 2.45) is 5.73 Å². The van der Waals surface area contributed by atoms with Crippen LogP contribution in [0.4, 0.5) is 0 Å². The second kappa shape index (κ2) is 7.04.